The Labute approximate surface area is 143 Å². The number of carbonyl (C=O) groups excluding carboxylic acids is 1. The highest BCUT2D eigenvalue weighted by molar-refractivity contribution is 7.92. The van der Waals surface area contributed by atoms with Crippen molar-refractivity contribution in [3.8, 4) is 0 Å². The van der Waals surface area contributed by atoms with Gasteiger partial charge in [0, 0.05) is 12.1 Å². The summed E-state index contributed by atoms with van der Waals surface area (Å²) in [6.07, 6.45) is 1.94. The monoisotopic (exact) mass is 346 g/mol. The van der Waals surface area contributed by atoms with E-state index in [4.69, 9.17) is 0 Å². The number of hydrogen-bond donors (Lipinski definition) is 2. The van der Waals surface area contributed by atoms with Crippen molar-refractivity contribution >= 4 is 21.6 Å². The smallest absolute Gasteiger partial charge is 0.261 e. The van der Waals surface area contributed by atoms with Crippen molar-refractivity contribution in [1.29, 1.82) is 0 Å². The van der Waals surface area contributed by atoms with Crippen LogP contribution in [0.5, 0.6) is 0 Å². The summed E-state index contributed by atoms with van der Waals surface area (Å²) in [4.78, 5) is 12.2. The zero-order valence-electron chi connectivity index (χ0n) is 13.9. The zero-order chi connectivity index (χ0) is 17.6. The molecule has 0 aromatic heterocycles. The lowest BCUT2D eigenvalue weighted by Crippen LogP contribution is -2.24. The number of anilines is 1. The second-order valence-corrected chi connectivity index (χ2v) is 7.24. The van der Waals surface area contributed by atoms with Crippen LogP contribution in [-0.2, 0) is 10.0 Å². The van der Waals surface area contributed by atoms with Crippen LogP contribution in [0.2, 0.25) is 0 Å². The van der Waals surface area contributed by atoms with Crippen LogP contribution < -0.4 is 10.0 Å². The topological polar surface area (TPSA) is 75.3 Å². The van der Waals surface area contributed by atoms with Crippen molar-refractivity contribution in [3.05, 3.63) is 59.7 Å². The van der Waals surface area contributed by atoms with Gasteiger partial charge in [-0.3, -0.25) is 9.52 Å². The van der Waals surface area contributed by atoms with Crippen LogP contribution in [0.25, 0.3) is 0 Å². The summed E-state index contributed by atoms with van der Waals surface area (Å²) in [5, 5.41) is 2.84. The summed E-state index contributed by atoms with van der Waals surface area (Å²) in [6.45, 7) is 4.46. The highest BCUT2D eigenvalue weighted by Gasteiger charge is 2.15. The lowest BCUT2D eigenvalue weighted by atomic mass is 10.1. The van der Waals surface area contributed by atoms with Gasteiger partial charge in [0.25, 0.3) is 15.9 Å². The highest BCUT2D eigenvalue weighted by atomic mass is 32.2. The first-order valence-corrected chi connectivity index (χ1v) is 9.39. The summed E-state index contributed by atoms with van der Waals surface area (Å²) in [7, 11) is -3.64. The molecule has 0 aliphatic heterocycles. The normalized spacial score (nSPS) is 11.1. The van der Waals surface area contributed by atoms with E-state index in [1.807, 2.05) is 0 Å². The van der Waals surface area contributed by atoms with Crippen LogP contribution in [-0.4, -0.2) is 20.9 Å². The summed E-state index contributed by atoms with van der Waals surface area (Å²) >= 11 is 0. The molecule has 0 spiro atoms. The van der Waals surface area contributed by atoms with E-state index in [1.54, 1.807) is 43.3 Å². The van der Waals surface area contributed by atoms with E-state index in [0.717, 1.165) is 12.8 Å². The van der Waals surface area contributed by atoms with E-state index in [1.165, 1.54) is 12.1 Å². The first-order valence-electron chi connectivity index (χ1n) is 7.91. The number of benzene rings is 2. The van der Waals surface area contributed by atoms with E-state index in [9.17, 15) is 13.2 Å². The fourth-order valence-electron chi connectivity index (χ4n) is 2.20. The number of sulfonamides is 1. The molecule has 0 saturated heterocycles. The number of amides is 1. The molecule has 0 bridgehead atoms. The fraction of sp³-hybridized carbons (Fsp3) is 0.278. The fourth-order valence-corrected chi connectivity index (χ4v) is 3.36. The van der Waals surface area contributed by atoms with Crippen LogP contribution in [0.4, 0.5) is 5.69 Å². The second-order valence-electron chi connectivity index (χ2n) is 5.56. The van der Waals surface area contributed by atoms with E-state index >= 15 is 0 Å². The molecule has 24 heavy (non-hydrogen) atoms. The van der Waals surface area contributed by atoms with Crippen molar-refractivity contribution in [3.63, 3.8) is 0 Å². The van der Waals surface area contributed by atoms with Gasteiger partial charge in [-0.15, -0.1) is 0 Å². The maximum Gasteiger partial charge on any atom is 0.261 e. The Morgan fingerprint density at radius 3 is 2.42 bits per heavy atom. The molecule has 128 valence electrons. The quantitative estimate of drug-likeness (QED) is 0.755. The summed E-state index contributed by atoms with van der Waals surface area (Å²) in [5.74, 6) is -0.149. The van der Waals surface area contributed by atoms with Crippen LogP contribution in [0, 0.1) is 6.92 Å². The van der Waals surface area contributed by atoms with Gasteiger partial charge in [0.15, 0.2) is 0 Å². The van der Waals surface area contributed by atoms with Gasteiger partial charge in [0.05, 0.1) is 10.6 Å². The molecule has 2 N–H and O–H groups in total. The third-order valence-corrected chi connectivity index (χ3v) is 4.98. The molecule has 6 heteroatoms. The molecule has 0 atom stereocenters. The van der Waals surface area contributed by atoms with Gasteiger partial charge < -0.3 is 5.32 Å². The maximum absolute atomic E-state index is 12.4. The van der Waals surface area contributed by atoms with E-state index < -0.39 is 10.0 Å². The molecular weight excluding hydrogens is 324 g/mol. The van der Waals surface area contributed by atoms with Gasteiger partial charge >= 0.3 is 0 Å². The van der Waals surface area contributed by atoms with Gasteiger partial charge in [-0.05, 0) is 49.2 Å². The highest BCUT2D eigenvalue weighted by Crippen LogP contribution is 2.21. The molecule has 2 rings (SSSR count). The standard InChI is InChI=1S/C18H22N2O3S/c1-3-4-12-19-18(21)15-10-11-17(14(2)13-15)20-24(22,23)16-8-6-5-7-9-16/h5-11,13,20H,3-4,12H2,1-2H3,(H,19,21). The molecule has 0 fully saturated rings. The van der Waals surface area contributed by atoms with Gasteiger partial charge in [-0.1, -0.05) is 31.5 Å². The Balaban J connectivity index is 2.14. The lowest BCUT2D eigenvalue weighted by molar-refractivity contribution is 0.0953. The minimum Gasteiger partial charge on any atom is -0.352 e. The third kappa shape index (κ3) is 4.58. The van der Waals surface area contributed by atoms with Crippen molar-refractivity contribution in [1.82, 2.24) is 5.32 Å². The Hall–Kier alpha value is -2.34. The molecule has 5 nitrogen and oxygen atoms in total. The average molecular weight is 346 g/mol. The molecule has 0 saturated carbocycles. The number of nitrogens with one attached hydrogen (secondary N) is 2. The molecule has 0 heterocycles. The minimum atomic E-state index is -3.64. The Morgan fingerprint density at radius 1 is 1.08 bits per heavy atom. The Morgan fingerprint density at radius 2 is 1.79 bits per heavy atom. The van der Waals surface area contributed by atoms with Crippen molar-refractivity contribution in [2.24, 2.45) is 0 Å². The Bertz CT molecular complexity index is 802. The van der Waals surface area contributed by atoms with Crippen LogP contribution in [0.3, 0.4) is 0 Å². The molecule has 2 aromatic carbocycles. The number of hydrogen-bond acceptors (Lipinski definition) is 3. The predicted octanol–water partition coefficient (Wildman–Crippen LogP) is 3.33. The summed E-state index contributed by atoms with van der Waals surface area (Å²) < 4.78 is 27.3. The Kier molecular flexibility index (Phi) is 5.98. The van der Waals surface area contributed by atoms with Gasteiger partial charge in [-0.25, -0.2) is 8.42 Å². The summed E-state index contributed by atoms with van der Waals surface area (Å²) in [5.41, 5.74) is 1.67. The van der Waals surface area contributed by atoms with Crippen molar-refractivity contribution < 1.29 is 13.2 Å². The molecular formula is C18H22N2O3S. The van der Waals surface area contributed by atoms with E-state index in [-0.39, 0.29) is 10.8 Å². The summed E-state index contributed by atoms with van der Waals surface area (Å²) in [6, 6.07) is 13.1. The largest absolute Gasteiger partial charge is 0.352 e. The van der Waals surface area contributed by atoms with Gasteiger partial charge in [-0.2, -0.15) is 0 Å². The molecule has 0 aliphatic carbocycles. The van der Waals surface area contributed by atoms with Gasteiger partial charge in [0.2, 0.25) is 0 Å². The number of carbonyl (C=O) groups is 1. The molecule has 0 aliphatic rings. The number of aryl methyl sites for hydroxylation is 1. The minimum absolute atomic E-state index is 0.149. The molecule has 0 unspecified atom stereocenters. The first kappa shape index (κ1) is 18.0. The van der Waals surface area contributed by atoms with Crippen molar-refractivity contribution in [2.45, 2.75) is 31.6 Å². The third-order valence-electron chi connectivity index (χ3n) is 3.60. The van der Waals surface area contributed by atoms with E-state index in [0.29, 0.717) is 23.4 Å². The second kappa shape index (κ2) is 7.97. The molecule has 2 aromatic rings. The molecule has 0 radical (unpaired) electrons. The zero-order valence-corrected chi connectivity index (χ0v) is 14.7. The first-order chi connectivity index (χ1) is 11.4. The number of rotatable bonds is 7. The van der Waals surface area contributed by atoms with Crippen LogP contribution in [0.1, 0.15) is 35.7 Å². The predicted molar refractivity (Wildman–Crippen MR) is 95.7 cm³/mol. The number of unbranched alkanes of at least 4 members (excludes halogenated alkanes) is 1. The lowest BCUT2D eigenvalue weighted by Gasteiger charge is -2.12. The average Bonchev–Trinajstić information content (AvgIpc) is 2.57. The SMILES string of the molecule is CCCCNC(=O)c1ccc(NS(=O)(=O)c2ccccc2)c(C)c1. The van der Waals surface area contributed by atoms with Crippen LogP contribution >= 0.6 is 0 Å². The van der Waals surface area contributed by atoms with E-state index in [2.05, 4.69) is 17.0 Å². The maximum atomic E-state index is 12.4. The van der Waals surface area contributed by atoms with Gasteiger partial charge in [0.1, 0.15) is 0 Å². The van der Waals surface area contributed by atoms with Crippen molar-refractivity contribution in [2.75, 3.05) is 11.3 Å². The molecule has 1 amide bonds. The van der Waals surface area contributed by atoms with Crippen LogP contribution in [0.15, 0.2) is 53.4 Å².